The highest BCUT2D eigenvalue weighted by atomic mass is 32.2. The summed E-state index contributed by atoms with van der Waals surface area (Å²) in [6, 6.07) is 15.1. The lowest BCUT2D eigenvalue weighted by Gasteiger charge is -2.00. The SMILES string of the molecule is O=[S@](Cc1ccccn1)c1ccccc1. The average molecular weight is 217 g/mol. The molecule has 15 heavy (non-hydrogen) atoms. The van der Waals surface area contributed by atoms with Crippen molar-refractivity contribution in [3.63, 3.8) is 0 Å². The van der Waals surface area contributed by atoms with Gasteiger partial charge in [0.05, 0.1) is 22.2 Å². The molecule has 0 amide bonds. The van der Waals surface area contributed by atoms with Crippen LogP contribution in [-0.2, 0) is 16.6 Å². The van der Waals surface area contributed by atoms with Gasteiger partial charge in [-0.25, -0.2) is 0 Å². The largest absolute Gasteiger partial charge is 0.260 e. The van der Waals surface area contributed by atoms with Crippen molar-refractivity contribution in [2.75, 3.05) is 0 Å². The smallest absolute Gasteiger partial charge is 0.0705 e. The lowest BCUT2D eigenvalue weighted by Crippen LogP contribution is -1.97. The molecule has 0 aliphatic heterocycles. The van der Waals surface area contributed by atoms with Crippen molar-refractivity contribution in [1.82, 2.24) is 4.98 Å². The third-order valence-electron chi connectivity index (χ3n) is 2.01. The van der Waals surface area contributed by atoms with Crippen LogP contribution in [0.25, 0.3) is 0 Å². The minimum Gasteiger partial charge on any atom is -0.260 e. The molecule has 0 aliphatic rings. The molecule has 1 atom stereocenters. The molecular weight excluding hydrogens is 206 g/mol. The van der Waals surface area contributed by atoms with E-state index in [4.69, 9.17) is 0 Å². The molecule has 1 aromatic carbocycles. The fourth-order valence-electron chi connectivity index (χ4n) is 1.27. The summed E-state index contributed by atoms with van der Waals surface area (Å²) in [5.41, 5.74) is 0.861. The van der Waals surface area contributed by atoms with Crippen molar-refractivity contribution in [2.24, 2.45) is 0 Å². The summed E-state index contributed by atoms with van der Waals surface area (Å²) in [6.45, 7) is 0. The van der Waals surface area contributed by atoms with Crippen molar-refractivity contribution in [2.45, 2.75) is 10.6 Å². The molecule has 0 bridgehead atoms. The van der Waals surface area contributed by atoms with E-state index in [0.29, 0.717) is 5.75 Å². The van der Waals surface area contributed by atoms with Gasteiger partial charge in [0.25, 0.3) is 0 Å². The van der Waals surface area contributed by atoms with E-state index in [2.05, 4.69) is 4.98 Å². The average Bonchev–Trinajstić information content (AvgIpc) is 2.31. The van der Waals surface area contributed by atoms with E-state index in [1.54, 1.807) is 6.20 Å². The number of hydrogen-bond donors (Lipinski definition) is 0. The normalized spacial score (nSPS) is 12.3. The van der Waals surface area contributed by atoms with Crippen molar-refractivity contribution in [3.8, 4) is 0 Å². The Morgan fingerprint density at radius 3 is 2.40 bits per heavy atom. The predicted molar refractivity (Wildman–Crippen MR) is 60.8 cm³/mol. The van der Waals surface area contributed by atoms with Crippen molar-refractivity contribution in [1.29, 1.82) is 0 Å². The Morgan fingerprint density at radius 2 is 1.73 bits per heavy atom. The molecule has 2 rings (SSSR count). The van der Waals surface area contributed by atoms with Crippen molar-refractivity contribution < 1.29 is 4.21 Å². The molecule has 0 fully saturated rings. The van der Waals surface area contributed by atoms with Crippen molar-refractivity contribution >= 4 is 10.8 Å². The summed E-state index contributed by atoms with van der Waals surface area (Å²) in [7, 11) is -0.997. The first-order valence-corrected chi connectivity index (χ1v) is 6.01. The third kappa shape index (κ3) is 2.73. The number of aromatic nitrogens is 1. The number of hydrogen-bond acceptors (Lipinski definition) is 2. The molecule has 0 saturated carbocycles. The van der Waals surface area contributed by atoms with E-state index < -0.39 is 10.8 Å². The zero-order valence-corrected chi connectivity index (χ0v) is 8.98. The summed E-state index contributed by atoms with van der Waals surface area (Å²) < 4.78 is 11.9. The summed E-state index contributed by atoms with van der Waals surface area (Å²) in [4.78, 5) is 5.00. The highest BCUT2D eigenvalue weighted by Crippen LogP contribution is 2.09. The Hall–Kier alpha value is -1.48. The van der Waals surface area contributed by atoms with Gasteiger partial charge < -0.3 is 0 Å². The Balaban J connectivity index is 2.12. The second-order valence-electron chi connectivity index (χ2n) is 3.12. The van der Waals surface area contributed by atoms with Gasteiger partial charge in [-0.05, 0) is 24.3 Å². The fraction of sp³-hybridized carbons (Fsp3) is 0.0833. The van der Waals surface area contributed by atoms with Crippen LogP contribution in [0, 0.1) is 0 Å². The zero-order valence-electron chi connectivity index (χ0n) is 8.17. The van der Waals surface area contributed by atoms with Crippen LogP contribution in [0.5, 0.6) is 0 Å². The fourth-order valence-corrected chi connectivity index (χ4v) is 2.34. The first-order chi connectivity index (χ1) is 7.36. The van der Waals surface area contributed by atoms with Crippen molar-refractivity contribution in [3.05, 3.63) is 60.4 Å². The number of nitrogens with zero attached hydrogens (tertiary/aromatic N) is 1. The van der Waals surface area contributed by atoms with Gasteiger partial charge in [0.2, 0.25) is 0 Å². The molecule has 1 heterocycles. The summed E-state index contributed by atoms with van der Waals surface area (Å²) in [6.07, 6.45) is 1.72. The summed E-state index contributed by atoms with van der Waals surface area (Å²) in [5.74, 6) is 0.477. The zero-order chi connectivity index (χ0) is 10.5. The highest BCUT2D eigenvalue weighted by molar-refractivity contribution is 7.84. The second kappa shape index (κ2) is 4.84. The van der Waals surface area contributed by atoms with Crippen LogP contribution >= 0.6 is 0 Å². The molecule has 0 radical (unpaired) electrons. The van der Waals surface area contributed by atoms with Crippen LogP contribution in [-0.4, -0.2) is 9.19 Å². The van der Waals surface area contributed by atoms with Gasteiger partial charge in [-0.3, -0.25) is 9.19 Å². The maximum Gasteiger partial charge on any atom is 0.0705 e. The van der Waals surface area contributed by atoms with E-state index in [-0.39, 0.29) is 0 Å². The predicted octanol–water partition coefficient (Wildman–Crippen LogP) is 2.39. The molecule has 0 spiro atoms. The van der Waals surface area contributed by atoms with E-state index in [0.717, 1.165) is 10.6 Å². The third-order valence-corrected chi connectivity index (χ3v) is 3.37. The molecule has 0 aliphatic carbocycles. The maximum atomic E-state index is 11.9. The Bertz CT molecular complexity index is 442. The quantitative estimate of drug-likeness (QED) is 0.790. The highest BCUT2D eigenvalue weighted by Gasteiger charge is 2.04. The Morgan fingerprint density at radius 1 is 1.00 bits per heavy atom. The van der Waals surface area contributed by atoms with Gasteiger partial charge in [-0.1, -0.05) is 24.3 Å². The number of pyridine rings is 1. The molecule has 0 unspecified atom stereocenters. The van der Waals surface area contributed by atoms with Gasteiger partial charge in [-0.15, -0.1) is 0 Å². The van der Waals surface area contributed by atoms with Crippen LogP contribution in [0.1, 0.15) is 5.69 Å². The Kier molecular flexibility index (Phi) is 3.25. The Labute approximate surface area is 91.4 Å². The van der Waals surface area contributed by atoms with Gasteiger partial charge in [0.1, 0.15) is 0 Å². The molecule has 0 saturated heterocycles. The van der Waals surface area contributed by atoms with Gasteiger partial charge in [-0.2, -0.15) is 0 Å². The number of benzene rings is 1. The second-order valence-corrected chi connectivity index (χ2v) is 4.58. The molecule has 76 valence electrons. The molecule has 1 aromatic heterocycles. The molecule has 3 heteroatoms. The molecule has 0 N–H and O–H groups in total. The van der Waals surface area contributed by atoms with E-state index in [9.17, 15) is 4.21 Å². The van der Waals surface area contributed by atoms with E-state index in [1.807, 2.05) is 48.5 Å². The first-order valence-electron chi connectivity index (χ1n) is 4.69. The molecule has 2 aromatic rings. The van der Waals surface area contributed by atoms with Crippen LogP contribution in [0.15, 0.2) is 59.6 Å². The first kappa shape index (κ1) is 10.1. The van der Waals surface area contributed by atoms with E-state index >= 15 is 0 Å². The summed E-state index contributed by atoms with van der Waals surface area (Å²) in [5, 5.41) is 0. The van der Waals surface area contributed by atoms with Crippen LogP contribution in [0.4, 0.5) is 0 Å². The summed E-state index contributed by atoms with van der Waals surface area (Å²) >= 11 is 0. The van der Waals surface area contributed by atoms with Gasteiger partial charge >= 0.3 is 0 Å². The van der Waals surface area contributed by atoms with Gasteiger partial charge in [0.15, 0.2) is 0 Å². The van der Waals surface area contributed by atoms with E-state index in [1.165, 1.54) is 0 Å². The maximum absolute atomic E-state index is 11.9. The lowest BCUT2D eigenvalue weighted by molar-refractivity contribution is 0.682. The van der Waals surface area contributed by atoms with Crippen LogP contribution < -0.4 is 0 Å². The minimum absolute atomic E-state index is 0.477. The van der Waals surface area contributed by atoms with Crippen LogP contribution in [0.3, 0.4) is 0 Å². The van der Waals surface area contributed by atoms with Crippen LogP contribution in [0.2, 0.25) is 0 Å². The topological polar surface area (TPSA) is 30.0 Å². The standard InChI is InChI=1S/C12H11NOS/c14-15(12-7-2-1-3-8-12)10-11-6-4-5-9-13-11/h1-9H,10H2/t15-/m1/s1. The van der Waals surface area contributed by atoms with Gasteiger partial charge in [0, 0.05) is 11.1 Å². The molecular formula is C12H11NOS. The lowest BCUT2D eigenvalue weighted by atomic mass is 10.4. The minimum atomic E-state index is -0.997. The monoisotopic (exact) mass is 217 g/mol. The molecule has 2 nitrogen and oxygen atoms in total. The number of rotatable bonds is 3.